The van der Waals surface area contributed by atoms with Gasteiger partial charge in [-0.3, -0.25) is 4.79 Å². The fraction of sp³-hybridized carbons (Fsp3) is 0.500. The number of methoxy groups -OCH3 is 1. The Hall–Kier alpha value is -3.11. The van der Waals surface area contributed by atoms with Crippen LogP contribution in [-0.2, 0) is 6.42 Å². The van der Waals surface area contributed by atoms with E-state index in [1.54, 1.807) is 13.3 Å². The first-order valence-corrected chi connectivity index (χ1v) is 11.5. The lowest BCUT2D eigenvalue weighted by atomic mass is 9.69. The van der Waals surface area contributed by atoms with Crippen LogP contribution in [0.5, 0.6) is 5.88 Å². The first-order chi connectivity index (χ1) is 16.4. The molecule has 3 heterocycles. The summed E-state index contributed by atoms with van der Waals surface area (Å²) in [6.45, 7) is 1.68. The second kappa shape index (κ2) is 10.4. The number of aliphatic hydroxyl groups excluding tert-OH is 2. The summed E-state index contributed by atoms with van der Waals surface area (Å²) < 4.78 is 20.9. The maximum Gasteiger partial charge on any atom is 0.256 e. The van der Waals surface area contributed by atoms with Crippen molar-refractivity contribution in [3.05, 3.63) is 53.4 Å². The summed E-state index contributed by atoms with van der Waals surface area (Å²) in [6.07, 6.45) is 7.07. The molecule has 3 aromatic rings. The summed E-state index contributed by atoms with van der Waals surface area (Å²) in [7, 11) is 1.55. The Morgan fingerprint density at radius 2 is 2.21 bits per heavy atom. The van der Waals surface area contributed by atoms with Gasteiger partial charge in [-0.15, -0.1) is 0 Å². The van der Waals surface area contributed by atoms with Crippen LogP contribution in [0, 0.1) is 17.7 Å². The molecule has 182 valence electrons. The molecule has 9 nitrogen and oxygen atoms in total. The lowest BCUT2D eigenvalue weighted by Gasteiger charge is -2.36. The van der Waals surface area contributed by atoms with Crippen LogP contribution in [0.1, 0.15) is 53.7 Å². The molecular formula is C24H30FN5O4. The fourth-order valence-electron chi connectivity index (χ4n) is 4.88. The zero-order chi connectivity index (χ0) is 24.2. The largest absolute Gasteiger partial charge is 0.481 e. The van der Waals surface area contributed by atoms with Crippen molar-refractivity contribution in [2.45, 2.75) is 44.6 Å². The van der Waals surface area contributed by atoms with E-state index in [2.05, 4.69) is 22.3 Å². The summed E-state index contributed by atoms with van der Waals surface area (Å²) in [5, 5.41) is 25.2. The van der Waals surface area contributed by atoms with E-state index in [9.17, 15) is 14.3 Å². The summed E-state index contributed by atoms with van der Waals surface area (Å²) in [5.41, 5.74) is 2.39. The average Bonchev–Trinajstić information content (AvgIpc) is 3.27. The smallest absolute Gasteiger partial charge is 0.256 e. The van der Waals surface area contributed by atoms with E-state index in [1.807, 2.05) is 6.07 Å². The van der Waals surface area contributed by atoms with Crippen LogP contribution < -0.4 is 10.1 Å². The number of nitrogens with one attached hydrogen (secondary N) is 1. The molecule has 0 aliphatic heterocycles. The fourth-order valence-corrected chi connectivity index (χ4v) is 4.88. The highest BCUT2D eigenvalue weighted by Crippen LogP contribution is 2.44. The Labute approximate surface area is 197 Å². The SMILES string of the molecule is COc1ncc(F)cc1C1CCCC(Cc2ccn3ncc(C(=O)NCC(O)CO)c3n2)C1C. The Bertz CT molecular complexity index is 1150. The van der Waals surface area contributed by atoms with Crippen molar-refractivity contribution in [2.75, 3.05) is 20.3 Å². The molecule has 0 aromatic carbocycles. The van der Waals surface area contributed by atoms with Gasteiger partial charge in [0.05, 0.1) is 32.2 Å². The number of hydrogen-bond acceptors (Lipinski definition) is 7. The van der Waals surface area contributed by atoms with E-state index >= 15 is 0 Å². The van der Waals surface area contributed by atoms with Crippen LogP contribution in [0.2, 0.25) is 0 Å². The maximum absolute atomic E-state index is 14.0. The van der Waals surface area contributed by atoms with Gasteiger partial charge in [-0.25, -0.2) is 18.9 Å². The molecule has 1 saturated carbocycles. The van der Waals surface area contributed by atoms with Crippen molar-refractivity contribution in [1.29, 1.82) is 0 Å². The van der Waals surface area contributed by atoms with Crippen LogP contribution in [-0.4, -0.2) is 62.1 Å². The molecule has 0 bridgehead atoms. The van der Waals surface area contributed by atoms with Crippen LogP contribution in [0.4, 0.5) is 4.39 Å². The molecule has 4 unspecified atom stereocenters. The van der Waals surface area contributed by atoms with Crippen molar-refractivity contribution in [3.63, 3.8) is 0 Å². The van der Waals surface area contributed by atoms with Crippen molar-refractivity contribution in [2.24, 2.45) is 11.8 Å². The number of hydrogen-bond donors (Lipinski definition) is 3. The maximum atomic E-state index is 14.0. The minimum atomic E-state index is -1.03. The number of carbonyl (C=O) groups is 1. The lowest BCUT2D eigenvalue weighted by Crippen LogP contribution is -2.33. The third-order valence-electron chi connectivity index (χ3n) is 6.76. The van der Waals surface area contributed by atoms with Crippen LogP contribution >= 0.6 is 0 Å². The van der Waals surface area contributed by atoms with Gasteiger partial charge < -0.3 is 20.3 Å². The second-order valence-electron chi connectivity index (χ2n) is 8.90. The Kier molecular flexibility index (Phi) is 7.38. The summed E-state index contributed by atoms with van der Waals surface area (Å²) in [6, 6.07) is 3.43. The average molecular weight is 472 g/mol. The molecule has 3 aromatic heterocycles. The third-order valence-corrected chi connectivity index (χ3v) is 6.76. The second-order valence-corrected chi connectivity index (χ2v) is 8.90. The monoisotopic (exact) mass is 471 g/mol. The highest BCUT2D eigenvalue weighted by molar-refractivity contribution is 5.99. The molecule has 10 heteroatoms. The molecule has 0 radical (unpaired) electrons. The normalized spacial score (nSPS) is 21.4. The van der Waals surface area contributed by atoms with E-state index in [0.717, 1.165) is 30.5 Å². The van der Waals surface area contributed by atoms with Gasteiger partial charge >= 0.3 is 0 Å². The topological polar surface area (TPSA) is 122 Å². The molecule has 1 aliphatic rings. The quantitative estimate of drug-likeness (QED) is 0.460. The number of aliphatic hydroxyl groups is 2. The Balaban J connectivity index is 1.53. The number of pyridine rings is 1. The lowest BCUT2D eigenvalue weighted by molar-refractivity contribution is 0.0803. The molecule has 1 amide bonds. The third kappa shape index (κ3) is 5.02. The number of ether oxygens (including phenoxy) is 1. The number of nitrogens with zero attached hydrogens (tertiary/aromatic N) is 4. The van der Waals surface area contributed by atoms with Crippen molar-refractivity contribution < 1.29 is 24.1 Å². The van der Waals surface area contributed by atoms with Gasteiger partial charge in [-0.05, 0) is 49.1 Å². The number of amides is 1. The van der Waals surface area contributed by atoms with Crippen molar-refractivity contribution in [1.82, 2.24) is 24.9 Å². The van der Waals surface area contributed by atoms with E-state index < -0.39 is 18.6 Å². The molecular weight excluding hydrogens is 441 g/mol. The van der Waals surface area contributed by atoms with Gasteiger partial charge in [-0.2, -0.15) is 5.10 Å². The molecule has 3 N–H and O–H groups in total. The molecule has 34 heavy (non-hydrogen) atoms. The van der Waals surface area contributed by atoms with Gasteiger partial charge in [-0.1, -0.05) is 13.3 Å². The summed E-state index contributed by atoms with van der Waals surface area (Å²) >= 11 is 0. The molecule has 1 aliphatic carbocycles. The Morgan fingerprint density at radius 1 is 1.38 bits per heavy atom. The van der Waals surface area contributed by atoms with Gasteiger partial charge in [0.15, 0.2) is 5.65 Å². The zero-order valence-corrected chi connectivity index (χ0v) is 19.3. The molecule has 1 fully saturated rings. The highest BCUT2D eigenvalue weighted by atomic mass is 19.1. The number of rotatable bonds is 8. The predicted octanol–water partition coefficient (Wildman–Crippen LogP) is 2.12. The van der Waals surface area contributed by atoms with E-state index in [0.29, 0.717) is 29.4 Å². The number of fused-ring (bicyclic) bond motifs is 1. The van der Waals surface area contributed by atoms with E-state index in [1.165, 1.54) is 23.0 Å². The minimum absolute atomic E-state index is 0.0637. The molecule has 0 saturated heterocycles. The number of halogens is 1. The summed E-state index contributed by atoms with van der Waals surface area (Å²) in [5.74, 6) is 0.410. The van der Waals surface area contributed by atoms with Gasteiger partial charge in [0.1, 0.15) is 11.4 Å². The van der Waals surface area contributed by atoms with Gasteiger partial charge in [0.2, 0.25) is 5.88 Å². The van der Waals surface area contributed by atoms with E-state index in [4.69, 9.17) is 14.8 Å². The standard InChI is InChI=1S/C24H30FN5O4/c1-14-15(4-3-5-19(14)20-9-16(25)10-27-24(20)34-2)8-17-6-7-30-22(29-17)21(12-28-30)23(33)26-11-18(32)13-31/h6-7,9-10,12,14-15,18-19,31-32H,3-5,8,11,13H2,1-2H3,(H,26,33). The van der Waals surface area contributed by atoms with E-state index in [-0.39, 0.29) is 24.2 Å². The van der Waals surface area contributed by atoms with Crippen molar-refractivity contribution in [3.8, 4) is 5.88 Å². The van der Waals surface area contributed by atoms with Crippen LogP contribution in [0.3, 0.4) is 0 Å². The van der Waals surface area contributed by atoms with Gasteiger partial charge in [0, 0.05) is 24.0 Å². The minimum Gasteiger partial charge on any atom is -0.481 e. The van der Waals surface area contributed by atoms with Crippen LogP contribution in [0.15, 0.2) is 30.7 Å². The molecule has 0 spiro atoms. The highest BCUT2D eigenvalue weighted by Gasteiger charge is 2.33. The first kappa shape index (κ1) is 24.0. The zero-order valence-electron chi connectivity index (χ0n) is 19.3. The van der Waals surface area contributed by atoms with Gasteiger partial charge in [0.25, 0.3) is 5.91 Å². The predicted molar refractivity (Wildman–Crippen MR) is 122 cm³/mol. The van der Waals surface area contributed by atoms with Crippen LogP contribution in [0.25, 0.3) is 5.65 Å². The Morgan fingerprint density at radius 3 is 2.97 bits per heavy atom. The number of aromatic nitrogens is 4. The van der Waals surface area contributed by atoms with Crippen molar-refractivity contribution >= 4 is 11.6 Å². The molecule has 4 rings (SSSR count). The molecule has 4 atom stereocenters. The summed E-state index contributed by atoms with van der Waals surface area (Å²) in [4.78, 5) is 21.4. The number of carbonyl (C=O) groups excluding carboxylic acids is 1. The first-order valence-electron chi connectivity index (χ1n) is 11.5.